The Morgan fingerprint density at radius 3 is 2.50 bits per heavy atom. The molecule has 0 unspecified atom stereocenters. The van der Waals surface area contributed by atoms with Crippen LogP contribution in [0.15, 0.2) is 24.3 Å². The van der Waals surface area contributed by atoms with Crippen LogP contribution in [0, 0.1) is 23.2 Å². The summed E-state index contributed by atoms with van der Waals surface area (Å²) in [5.74, 6) is 3.89. The number of hydrogen-bond acceptors (Lipinski definition) is 2. The van der Waals surface area contributed by atoms with Crippen molar-refractivity contribution in [3.05, 3.63) is 29.8 Å². The van der Waals surface area contributed by atoms with Crippen molar-refractivity contribution in [3.8, 4) is 5.75 Å². The SMILES string of the molecule is C[C@H](Cc1cccc(OCCC23CC4CC(CC(C4)C2)C3)c1)NC(=O)O. The van der Waals surface area contributed by atoms with E-state index in [9.17, 15) is 4.79 Å². The molecule has 4 fully saturated rings. The molecule has 1 amide bonds. The molecule has 4 aliphatic carbocycles. The number of ether oxygens (including phenoxy) is 1. The summed E-state index contributed by atoms with van der Waals surface area (Å²) in [5, 5.41) is 11.3. The van der Waals surface area contributed by atoms with Gasteiger partial charge in [-0.05, 0) is 99.2 Å². The molecule has 142 valence electrons. The van der Waals surface area contributed by atoms with Gasteiger partial charge in [0, 0.05) is 6.04 Å². The second-order valence-electron chi connectivity index (χ2n) is 9.22. The average molecular weight is 357 g/mol. The lowest BCUT2D eigenvalue weighted by Gasteiger charge is -2.57. The van der Waals surface area contributed by atoms with Crippen molar-refractivity contribution in [2.45, 2.75) is 64.3 Å². The van der Waals surface area contributed by atoms with E-state index in [1.165, 1.54) is 44.9 Å². The Hall–Kier alpha value is -1.71. The monoisotopic (exact) mass is 357 g/mol. The number of amides is 1. The van der Waals surface area contributed by atoms with Crippen LogP contribution in [0.1, 0.15) is 57.4 Å². The third kappa shape index (κ3) is 3.99. The summed E-state index contributed by atoms with van der Waals surface area (Å²) in [6, 6.07) is 8.00. The molecule has 0 aromatic heterocycles. The van der Waals surface area contributed by atoms with Crippen molar-refractivity contribution in [2.24, 2.45) is 23.2 Å². The van der Waals surface area contributed by atoms with Crippen LogP contribution in [-0.2, 0) is 6.42 Å². The molecule has 4 bridgehead atoms. The molecule has 0 spiro atoms. The largest absolute Gasteiger partial charge is 0.494 e. The van der Waals surface area contributed by atoms with Gasteiger partial charge in [-0.3, -0.25) is 0 Å². The molecule has 2 N–H and O–H groups in total. The zero-order chi connectivity index (χ0) is 18.1. The Morgan fingerprint density at radius 2 is 1.88 bits per heavy atom. The van der Waals surface area contributed by atoms with E-state index >= 15 is 0 Å². The summed E-state index contributed by atoms with van der Waals surface area (Å²) in [7, 11) is 0. The van der Waals surface area contributed by atoms with Gasteiger partial charge in [-0.1, -0.05) is 12.1 Å². The average Bonchev–Trinajstić information content (AvgIpc) is 2.52. The number of hydrogen-bond donors (Lipinski definition) is 2. The number of benzene rings is 1. The number of carboxylic acid groups (broad SMARTS) is 1. The first-order valence-electron chi connectivity index (χ1n) is 10.2. The maximum Gasteiger partial charge on any atom is 0.404 e. The highest BCUT2D eigenvalue weighted by Gasteiger charge is 2.50. The van der Waals surface area contributed by atoms with Crippen molar-refractivity contribution < 1.29 is 14.6 Å². The molecule has 4 saturated carbocycles. The van der Waals surface area contributed by atoms with Gasteiger partial charge in [0.1, 0.15) is 5.75 Å². The summed E-state index contributed by atoms with van der Waals surface area (Å²) in [6.45, 7) is 2.69. The van der Waals surface area contributed by atoms with Gasteiger partial charge in [0.25, 0.3) is 0 Å². The first-order valence-corrected chi connectivity index (χ1v) is 10.2. The molecule has 0 heterocycles. The Morgan fingerprint density at radius 1 is 1.23 bits per heavy atom. The van der Waals surface area contributed by atoms with Crippen LogP contribution in [0.3, 0.4) is 0 Å². The Bertz CT molecular complexity index is 621. The van der Waals surface area contributed by atoms with E-state index in [2.05, 4.69) is 11.4 Å². The van der Waals surface area contributed by atoms with Crippen LogP contribution in [-0.4, -0.2) is 23.8 Å². The highest BCUT2D eigenvalue weighted by Crippen LogP contribution is 2.61. The second-order valence-corrected chi connectivity index (χ2v) is 9.22. The maximum absolute atomic E-state index is 10.7. The van der Waals surface area contributed by atoms with Gasteiger partial charge >= 0.3 is 6.09 Å². The van der Waals surface area contributed by atoms with Crippen molar-refractivity contribution >= 4 is 6.09 Å². The molecular weight excluding hydrogens is 326 g/mol. The molecule has 0 saturated heterocycles. The van der Waals surface area contributed by atoms with Gasteiger partial charge in [0.2, 0.25) is 0 Å². The minimum Gasteiger partial charge on any atom is -0.494 e. The van der Waals surface area contributed by atoms with Gasteiger partial charge in [0.05, 0.1) is 6.61 Å². The fraction of sp³-hybridized carbons (Fsp3) is 0.682. The highest BCUT2D eigenvalue weighted by atomic mass is 16.5. The van der Waals surface area contributed by atoms with Gasteiger partial charge < -0.3 is 15.2 Å². The zero-order valence-corrected chi connectivity index (χ0v) is 15.7. The molecule has 4 heteroatoms. The van der Waals surface area contributed by atoms with Crippen LogP contribution in [0.25, 0.3) is 0 Å². The van der Waals surface area contributed by atoms with Gasteiger partial charge in [-0.25, -0.2) is 4.79 Å². The molecular formula is C22H31NO3. The summed E-state index contributed by atoms with van der Waals surface area (Å²) < 4.78 is 6.11. The second kappa shape index (κ2) is 7.13. The fourth-order valence-corrected chi connectivity index (χ4v) is 6.36. The molecule has 4 aliphatic rings. The molecule has 0 aliphatic heterocycles. The van der Waals surface area contributed by atoms with E-state index in [0.29, 0.717) is 11.8 Å². The van der Waals surface area contributed by atoms with E-state index in [1.807, 2.05) is 25.1 Å². The van der Waals surface area contributed by atoms with E-state index in [0.717, 1.165) is 35.7 Å². The van der Waals surface area contributed by atoms with Crippen LogP contribution in [0.2, 0.25) is 0 Å². The predicted molar refractivity (Wildman–Crippen MR) is 101 cm³/mol. The molecule has 26 heavy (non-hydrogen) atoms. The van der Waals surface area contributed by atoms with Gasteiger partial charge in [-0.2, -0.15) is 0 Å². The number of carbonyl (C=O) groups is 1. The normalized spacial score (nSPS) is 33.0. The standard InChI is InChI=1S/C22H31NO3/c1-15(23-21(24)25)7-16-3-2-4-20(11-16)26-6-5-22-12-17-8-18(13-22)10-19(9-17)14-22/h2-4,11,15,17-19,23H,5-10,12-14H2,1H3,(H,24,25)/t15-,17?,18?,19?,22?/m1/s1. The van der Waals surface area contributed by atoms with Crippen molar-refractivity contribution in [2.75, 3.05) is 6.61 Å². The Labute approximate surface area is 156 Å². The quantitative estimate of drug-likeness (QED) is 0.732. The Balaban J connectivity index is 1.30. The number of rotatable bonds is 7. The fourth-order valence-electron chi connectivity index (χ4n) is 6.36. The van der Waals surface area contributed by atoms with E-state index in [4.69, 9.17) is 9.84 Å². The van der Waals surface area contributed by atoms with E-state index in [1.54, 1.807) is 0 Å². The van der Waals surface area contributed by atoms with Gasteiger partial charge in [0.15, 0.2) is 0 Å². The smallest absolute Gasteiger partial charge is 0.404 e. The minimum absolute atomic E-state index is 0.102. The van der Waals surface area contributed by atoms with Crippen LogP contribution in [0.4, 0.5) is 4.79 Å². The Kier molecular flexibility index (Phi) is 4.85. The molecule has 1 aromatic carbocycles. The minimum atomic E-state index is -0.972. The third-order valence-corrected chi connectivity index (χ3v) is 6.88. The zero-order valence-electron chi connectivity index (χ0n) is 15.7. The third-order valence-electron chi connectivity index (χ3n) is 6.88. The van der Waals surface area contributed by atoms with E-state index < -0.39 is 6.09 Å². The summed E-state index contributed by atoms with van der Waals surface area (Å²) in [5.41, 5.74) is 1.67. The lowest BCUT2D eigenvalue weighted by molar-refractivity contribution is -0.0622. The van der Waals surface area contributed by atoms with Crippen molar-refractivity contribution in [1.29, 1.82) is 0 Å². The first-order chi connectivity index (χ1) is 12.5. The predicted octanol–water partition coefficient (Wildman–Crippen LogP) is 4.87. The van der Waals surface area contributed by atoms with Crippen molar-refractivity contribution in [3.63, 3.8) is 0 Å². The van der Waals surface area contributed by atoms with Crippen LogP contribution >= 0.6 is 0 Å². The molecule has 0 radical (unpaired) electrons. The molecule has 1 aromatic rings. The maximum atomic E-state index is 10.7. The highest BCUT2D eigenvalue weighted by molar-refractivity contribution is 5.64. The molecule has 5 rings (SSSR count). The topological polar surface area (TPSA) is 58.6 Å². The lowest BCUT2D eigenvalue weighted by Crippen LogP contribution is -2.46. The lowest BCUT2D eigenvalue weighted by atomic mass is 9.49. The first kappa shape index (κ1) is 17.7. The summed E-state index contributed by atoms with van der Waals surface area (Å²) in [4.78, 5) is 10.7. The molecule has 4 nitrogen and oxygen atoms in total. The van der Waals surface area contributed by atoms with E-state index in [-0.39, 0.29) is 6.04 Å². The van der Waals surface area contributed by atoms with Crippen LogP contribution in [0.5, 0.6) is 5.75 Å². The summed E-state index contributed by atoms with van der Waals surface area (Å²) in [6.07, 6.45) is 9.67. The number of nitrogens with one attached hydrogen (secondary N) is 1. The van der Waals surface area contributed by atoms with Gasteiger partial charge in [-0.15, -0.1) is 0 Å². The van der Waals surface area contributed by atoms with Crippen LogP contribution < -0.4 is 10.1 Å². The van der Waals surface area contributed by atoms with Crippen molar-refractivity contribution in [1.82, 2.24) is 5.32 Å². The molecule has 1 atom stereocenters. The summed E-state index contributed by atoms with van der Waals surface area (Å²) >= 11 is 0.